The van der Waals surface area contributed by atoms with Gasteiger partial charge in [-0.25, -0.2) is 4.79 Å². The molecule has 124 valence electrons. The third-order valence-corrected chi connectivity index (χ3v) is 3.67. The lowest BCUT2D eigenvalue weighted by atomic mass is 9.98. The summed E-state index contributed by atoms with van der Waals surface area (Å²) in [6.07, 6.45) is -5.66. The lowest BCUT2D eigenvalue weighted by molar-refractivity contribution is -0.137. The van der Waals surface area contributed by atoms with Gasteiger partial charge in [-0.05, 0) is 23.8 Å². The molecule has 1 aliphatic heterocycles. The molecule has 2 aromatic carbocycles. The Morgan fingerprint density at radius 2 is 1.75 bits per heavy atom. The number of hydrogen-bond donors (Lipinski definition) is 1. The second kappa shape index (κ2) is 5.99. The molecule has 2 aromatic rings. The van der Waals surface area contributed by atoms with Crippen LogP contribution in [0.3, 0.4) is 0 Å². The lowest BCUT2D eigenvalue weighted by Crippen LogP contribution is -2.38. The maximum Gasteiger partial charge on any atom is 0.418 e. The first-order valence-electron chi connectivity index (χ1n) is 7.12. The molecule has 0 fully saturated rings. The highest BCUT2D eigenvalue weighted by molar-refractivity contribution is 6.00. The van der Waals surface area contributed by atoms with Gasteiger partial charge < -0.3 is 10.1 Å². The van der Waals surface area contributed by atoms with Crippen molar-refractivity contribution >= 4 is 17.6 Å². The van der Waals surface area contributed by atoms with Crippen molar-refractivity contribution in [3.63, 3.8) is 0 Å². The van der Waals surface area contributed by atoms with E-state index in [0.29, 0.717) is 11.1 Å². The van der Waals surface area contributed by atoms with Crippen molar-refractivity contribution < 1.29 is 27.5 Å². The van der Waals surface area contributed by atoms with Crippen molar-refractivity contribution in [2.24, 2.45) is 0 Å². The van der Waals surface area contributed by atoms with Crippen LogP contribution in [0.25, 0.3) is 0 Å². The highest BCUT2D eigenvalue weighted by Crippen LogP contribution is 2.34. The van der Waals surface area contributed by atoms with Gasteiger partial charge in [0, 0.05) is 6.42 Å². The fraction of sp³-hybridized carbons (Fsp3) is 0.176. The van der Waals surface area contributed by atoms with Crippen molar-refractivity contribution in [3.8, 4) is 0 Å². The van der Waals surface area contributed by atoms with E-state index in [-0.39, 0.29) is 12.1 Å². The lowest BCUT2D eigenvalue weighted by Gasteiger charge is -2.24. The quantitative estimate of drug-likeness (QED) is 0.856. The van der Waals surface area contributed by atoms with Crippen LogP contribution in [-0.2, 0) is 22.1 Å². The van der Waals surface area contributed by atoms with Gasteiger partial charge in [-0.15, -0.1) is 0 Å². The van der Waals surface area contributed by atoms with Gasteiger partial charge in [0.2, 0.25) is 0 Å². The van der Waals surface area contributed by atoms with E-state index in [0.717, 1.165) is 12.1 Å². The summed E-state index contributed by atoms with van der Waals surface area (Å²) in [5, 5.41) is 2.20. The van der Waals surface area contributed by atoms with Crippen LogP contribution >= 0.6 is 0 Å². The molecule has 1 heterocycles. The first-order valence-corrected chi connectivity index (χ1v) is 7.12. The molecule has 0 bridgehead atoms. The number of hydrogen-bond acceptors (Lipinski definition) is 3. The van der Waals surface area contributed by atoms with Gasteiger partial charge in [-0.3, -0.25) is 4.79 Å². The number of ether oxygens (including phenoxy) is 1. The van der Waals surface area contributed by atoms with Crippen LogP contribution in [-0.4, -0.2) is 18.0 Å². The van der Waals surface area contributed by atoms with E-state index in [4.69, 9.17) is 4.74 Å². The Morgan fingerprint density at radius 3 is 2.50 bits per heavy atom. The number of para-hydroxylation sites is 1. The number of alkyl halides is 3. The maximum atomic E-state index is 13.0. The monoisotopic (exact) mass is 335 g/mol. The van der Waals surface area contributed by atoms with Crippen LogP contribution < -0.4 is 5.32 Å². The average molecular weight is 335 g/mol. The summed E-state index contributed by atoms with van der Waals surface area (Å²) in [4.78, 5) is 24.1. The van der Waals surface area contributed by atoms with Crippen LogP contribution in [0, 0.1) is 0 Å². The first kappa shape index (κ1) is 16.0. The van der Waals surface area contributed by atoms with Crippen molar-refractivity contribution in [1.29, 1.82) is 0 Å². The number of rotatable bonds is 2. The van der Waals surface area contributed by atoms with E-state index >= 15 is 0 Å². The van der Waals surface area contributed by atoms with E-state index in [1.165, 1.54) is 12.1 Å². The van der Waals surface area contributed by atoms with E-state index < -0.39 is 29.7 Å². The molecule has 1 amide bonds. The largest absolute Gasteiger partial charge is 0.448 e. The van der Waals surface area contributed by atoms with Crippen molar-refractivity contribution in [3.05, 3.63) is 65.2 Å². The third-order valence-electron chi connectivity index (χ3n) is 3.67. The number of anilines is 1. The minimum Gasteiger partial charge on any atom is -0.448 e. The number of carbonyl (C=O) groups excluding carboxylic acids is 2. The minimum absolute atomic E-state index is 0.113. The van der Waals surface area contributed by atoms with Crippen LogP contribution in [0.2, 0.25) is 0 Å². The molecule has 1 N–H and O–H groups in total. The SMILES string of the molecule is O=C1OC(C(=O)Nc2ccccc2C(F)(F)F)Cc2ccccc21. The predicted octanol–water partition coefficient (Wildman–Crippen LogP) is 3.43. The molecule has 0 spiro atoms. The van der Waals surface area contributed by atoms with Gasteiger partial charge in [0.25, 0.3) is 5.91 Å². The molecule has 1 unspecified atom stereocenters. The summed E-state index contributed by atoms with van der Waals surface area (Å²) < 4.78 is 43.9. The smallest absolute Gasteiger partial charge is 0.418 e. The Balaban J connectivity index is 1.81. The second-order valence-corrected chi connectivity index (χ2v) is 5.29. The average Bonchev–Trinajstić information content (AvgIpc) is 2.54. The zero-order valence-electron chi connectivity index (χ0n) is 12.3. The molecule has 1 aliphatic rings. The van der Waals surface area contributed by atoms with Gasteiger partial charge in [0.05, 0.1) is 16.8 Å². The molecular formula is C17H12F3NO3. The number of nitrogens with one attached hydrogen (secondary N) is 1. The summed E-state index contributed by atoms with van der Waals surface area (Å²) in [5.41, 5.74) is -0.346. The van der Waals surface area contributed by atoms with E-state index in [2.05, 4.69) is 5.32 Å². The fourth-order valence-corrected chi connectivity index (χ4v) is 2.53. The number of carbonyl (C=O) groups is 2. The number of benzene rings is 2. The summed E-state index contributed by atoms with van der Waals surface area (Å²) in [6, 6.07) is 11.3. The van der Waals surface area contributed by atoms with Gasteiger partial charge in [0.15, 0.2) is 6.10 Å². The molecule has 7 heteroatoms. The fourth-order valence-electron chi connectivity index (χ4n) is 2.53. The second-order valence-electron chi connectivity index (χ2n) is 5.29. The number of halogens is 3. The Kier molecular flexibility index (Phi) is 4.01. The normalized spacial score (nSPS) is 17.0. The minimum atomic E-state index is -4.60. The first-order chi connectivity index (χ1) is 11.4. The molecule has 4 nitrogen and oxygen atoms in total. The molecular weight excluding hydrogens is 323 g/mol. The molecule has 3 rings (SSSR count). The van der Waals surface area contributed by atoms with Crippen molar-refractivity contribution in [2.45, 2.75) is 18.7 Å². The van der Waals surface area contributed by atoms with Crippen molar-refractivity contribution in [1.82, 2.24) is 0 Å². The molecule has 0 saturated heterocycles. The number of amides is 1. The number of fused-ring (bicyclic) bond motifs is 1. The van der Waals surface area contributed by atoms with Crippen LogP contribution in [0.4, 0.5) is 18.9 Å². The number of cyclic esters (lactones) is 1. The third kappa shape index (κ3) is 3.10. The Labute approximate surface area is 135 Å². The van der Waals surface area contributed by atoms with Crippen LogP contribution in [0.5, 0.6) is 0 Å². The van der Waals surface area contributed by atoms with Gasteiger partial charge >= 0.3 is 12.1 Å². The van der Waals surface area contributed by atoms with E-state index in [1.807, 2.05) is 0 Å². The van der Waals surface area contributed by atoms with Crippen LogP contribution in [0.15, 0.2) is 48.5 Å². The van der Waals surface area contributed by atoms with Gasteiger partial charge in [-0.2, -0.15) is 13.2 Å². The zero-order chi connectivity index (χ0) is 17.3. The van der Waals surface area contributed by atoms with E-state index in [9.17, 15) is 22.8 Å². The molecule has 24 heavy (non-hydrogen) atoms. The summed E-state index contributed by atoms with van der Waals surface area (Å²) >= 11 is 0. The Bertz CT molecular complexity index is 802. The summed E-state index contributed by atoms with van der Waals surface area (Å²) in [5.74, 6) is -1.46. The molecule has 0 saturated carbocycles. The van der Waals surface area contributed by atoms with Crippen LogP contribution in [0.1, 0.15) is 21.5 Å². The van der Waals surface area contributed by atoms with Gasteiger partial charge in [0.1, 0.15) is 0 Å². The Morgan fingerprint density at radius 1 is 1.08 bits per heavy atom. The molecule has 0 aliphatic carbocycles. The maximum absolute atomic E-state index is 13.0. The topological polar surface area (TPSA) is 55.4 Å². The molecule has 1 atom stereocenters. The Hall–Kier alpha value is -2.83. The zero-order valence-corrected chi connectivity index (χ0v) is 12.3. The number of esters is 1. The van der Waals surface area contributed by atoms with Crippen molar-refractivity contribution in [2.75, 3.05) is 5.32 Å². The standard InChI is InChI=1S/C17H12F3NO3/c18-17(19,20)12-7-3-4-8-13(12)21-15(22)14-9-10-5-1-2-6-11(10)16(23)24-14/h1-8,14H,9H2,(H,21,22). The molecule has 0 aromatic heterocycles. The molecule has 0 radical (unpaired) electrons. The summed E-state index contributed by atoms with van der Waals surface area (Å²) in [7, 11) is 0. The highest BCUT2D eigenvalue weighted by atomic mass is 19.4. The highest BCUT2D eigenvalue weighted by Gasteiger charge is 2.35. The van der Waals surface area contributed by atoms with Gasteiger partial charge in [-0.1, -0.05) is 30.3 Å². The summed E-state index contributed by atoms with van der Waals surface area (Å²) in [6.45, 7) is 0. The predicted molar refractivity (Wildman–Crippen MR) is 79.4 cm³/mol. The van der Waals surface area contributed by atoms with E-state index in [1.54, 1.807) is 24.3 Å².